The van der Waals surface area contributed by atoms with E-state index in [-0.39, 0.29) is 0 Å². The number of likely N-dealkylation sites (N-methyl/N-ethyl adjacent to an activating group) is 2. The van der Waals surface area contributed by atoms with Crippen molar-refractivity contribution in [1.82, 2.24) is 0 Å². The minimum Gasteiger partial charge on any atom is -0.335 e. The quantitative estimate of drug-likeness (QED) is 0.732. The zero-order valence-electron chi connectivity index (χ0n) is 13.5. The van der Waals surface area contributed by atoms with E-state index < -0.39 is 0 Å². The Bertz CT molecular complexity index is 468. The first-order valence-corrected chi connectivity index (χ1v) is 7.87. The average Bonchev–Trinajstić information content (AvgIpc) is 2.52. The van der Waals surface area contributed by atoms with E-state index in [9.17, 15) is 0 Å². The molecule has 0 aliphatic carbocycles. The second-order valence-corrected chi connectivity index (χ2v) is 6.24. The van der Waals surface area contributed by atoms with Crippen molar-refractivity contribution in [3.05, 3.63) is 71.8 Å². The van der Waals surface area contributed by atoms with Gasteiger partial charge in [-0.1, -0.05) is 60.7 Å². The second-order valence-electron chi connectivity index (χ2n) is 6.24. The Morgan fingerprint density at radius 3 is 1.62 bits per heavy atom. The van der Waals surface area contributed by atoms with Gasteiger partial charge in [-0.25, -0.2) is 0 Å². The van der Waals surface area contributed by atoms with Crippen molar-refractivity contribution in [2.24, 2.45) is 0 Å². The van der Waals surface area contributed by atoms with Crippen molar-refractivity contribution < 1.29 is 9.80 Å². The molecule has 21 heavy (non-hydrogen) atoms. The van der Waals surface area contributed by atoms with Crippen molar-refractivity contribution in [1.29, 1.82) is 0 Å². The molecule has 0 aliphatic rings. The third-order valence-electron chi connectivity index (χ3n) is 4.01. The Morgan fingerprint density at radius 2 is 1.19 bits per heavy atom. The molecule has 1 unspecified atom stereocenters. The molecule has 112 valence electrons. The van der Waals surface area contributed by atoms with Crippen LogP contribution in [0.5, 0.6) is 0 Å². The van der Waals surface area contributed by atoms with Crippen LogP contribution >= 0.6 is 0 Å². The van der Waals surface area contributed by atoms with Gasteiger partial charge in [0.25, 0.3) is 0 Å². The van der Waals surface area contributed by atoms with Gasteiger partial charge in [0.1, 0.15) is 13.1 Å². The molecule has 0 aliphatic heterocycles. The molecule has 0 aromatic heterocycles. The fraction of sp³-hybridized carbons (Fsp3) is 0.368. The summed E-state index contributed by atoms with van der Waals surface area (Å²) in [4.78, 5) is 3.11. The van der Waals surface area contributed by atoms with Crippen LogP contribution < -0.4 is 9.80 Å². The lowest BCUT2D eigenvalue weighted by Gasteiger charge is -2.23. The van der Waals surface area contributed by atoms with E-state index in [0.717, 1.165) is 6.54 Å². The summed E-state index contributed by atoms with van der Waals surface area (Å²) in [7, 11) is 6.75. The molecule has 2 rings (SSSR count). The van der Waals surface area contributed by atoms with E-state index >= 15 is 0 Å². The zero-order valence-corrected chi connectivity index (χ0v) is 13.5. The van der Waals surface area contributed by atoms with E-state index in [4.69, 9.17) is 0 Å². The molecule has 2 heteroatoms. The molecule has 0 radical (unpaired) electrons. The molecule has 0 saturated heterocycles. The lowest BCUT2D eigenvalue weighted by atomic mass is 9.91. The van der Waals surface area contributed by atoms with Crippen LogP contribution in [0.1, 0.15) is 17.0 Å². The highest BCUT2D eigenvalue weighted by molar-refractivity contribution is 5.32. The summed E-state index contributed by atoms with van der Waals surface area (Å²) in [6.45, 7) is 3.56. The SMILES string of the molecule is C[NH+](C)CC[NH+](C)CC(c1ccccc1)c1ccccc1. The van der Waals surface area contributed by atoms with Crippen LogP contribution in [0, 0.1) is 0 Å². The maximum Gasteiger partial charge on any atom is 0.127 e. The fourth-order valence-electron chi connectivity index (χ4n) is 2.71. The third-order valence-corrected chi connectivity index (χ3v) is 4.01. The summed E-state index contributed by atoms with van der Waals surface area (Å²) in [6.07, 6.45) is 0. The van der Waals surface area contributed by atoms with Gasteiger partial charge in [0.05, 0.1) is 33.6 Å². The third kappa shape index (κ3) is 5.00. The smallest absolute Gasteiger partial charge is 0.127 e. The molecule has 0 fully saturated rings. The van der Waals surface area contributed by atoms with Crippen LogP contribution in [-0.4, -0.2) is 40.8 Å². The first-order valence-electron chi connectivity index (χ1n) is 7.87. The van der Waals surface area contributed by atoms with Crippen molar-refractivity contribution >= 4 is 0 Å². The molecule has 0 amide bonds. The topological polar surface area (TPSA) is 8.88 Å². The number of hydrogen-bond donors (Lipinski definition) is 2. The summed E-state index contributed by atoms with van der Waals surface area (Å²) in [5.41, 5.74) is 2.83. The van der Waals surface area contributed by atoms with Crippen molar-refractivity contribution in [3.8, 4) is 0 Å². The Balaban J connectivity index is 2.13. The van der Waals surface area contributed by atoms with E-state index in [1.54, 1.807) is 4.90 Å². The lowest BCUT2D eigenvalue weighted by molar-refractivity contribution is -0.930. The molecular formula is C19H28N2+2. The van der Waals surface area contributed by atoms with Crippen LogP contribution in [0.2, 0.25) is 0 Å². The van der Waals surface area contributed by atoms with E-state index in [0.29, 0.717) is 5.92 Å². The molecule has 2 aromatic rings. The maximum absolute atomic E-state index is 2.31. The van der Waals surface area contributed by atoms with Gasteiger partial charge < -0.3 is 9.80 Å². The number of rotatable bonds is 7. The number of benzene rings is 2. The molecule has 0 spiro atoms. The largest absolute Gasteiger partial charge is 0.335 e. The van der Waals surface area contributed by atoms with Gasteiger partial charge in [-0.15, -0.1) is 0 Å². The molecule has 2 N–H and O–H groups in total. The van der Waals surface area contributed by atoms with Crippen LogP contribution in [-0.2, 0) is 0 Å². The minimum absolute atomic E-state index is 0.476. The van der Waals surface area contributed by atoms with Crippen LogP contribution in [0.3, 0.4) is 0 Å². The van der Waals surface area contributed by atoms with Gasteiger partial charge in [-0.2, -0.15) is 0 Å². The normalized spacial score (nSPS) is 12.8. The number of hydrogen-bond acceptors (Lipinski definition) is 0. The fourth-order valence-corrected chi connectivity index (χ4v) is 2.71. The highest BCUT2D eigenvalue weighted by Gasteiger charge is 2.19. The number of nitrogens with one attached hydrogen (secondary N) is 2. The standard InChI is InChI=1S/C19H26N2/c1-20(2)14-15-21(3)16-19(17-10-6-4-7-11-17)18-12-8-5-9-13-18/h4-13,19H,14-16H2,1-3H3/p+2. The lowest BCUT2D eigenvalue weighted by Crippen LogP contribution is -3.16. The van der Waals surface area contributed by atoms with Crippen LogP contribution in [0.4, 0.5) is 0 Å². The zero-order chi connectivity index (χ0) is 15.1. The molecular weight excluding hydrogens is 256 g/mol. The molecule has 0 bridgehead atoms. The van der Waals surface area contributed by atoms with Crippen molar-refractivity contribution in [3.63, 3.8) is 0 Å². The van der Waals surface area contributed by atoms with Crippen molar-refractivity contribution in [2.75, 3.05) is 40.8 Å². The Morgan fingerprint density at radius 1 is 0.714 bits per heavy atom. The monoisotopic (exact) mass is 284 g/mol. The van der Waals surface area contributed by atoms with Gasteiger partial charge in [0.15, 0.2) is 0 Å². The highest BCUT2D eigenvalue weighted by Crippen LogP contribution is 2.22. The predicted molar refractivity (Wildman–Crippen MR) is 89.0 cm³/mol. The molecule has 0 heterocycles. The summed E-state index contributed by atoms with van der Waals surface area (Å²) in [5, 5.41) is 0. The predicted octanol–water partition coefficient (Wildman–Crippen LogP) is 0.478. The maximum atomic E-state index is 2.31. The summed E-state index contributed by atoms with van der Waals surface area (Å²) in [5.74, 6) is 0.476. The minimum atomic E-state index is 0.476. The molecule has 2 aromatic carbocycles. The van der Waals surface area contributed by atoms with E-state index in [1.807, 2.05) is 0 Å². The van der Waals surface area contributed by atoms with Crippen LogP contribution in [0.25, 0.3) is 0 Å². The van der Waals surface area contributed by atoms with E-state index in [2.05, 4.69) is 81.8 Å². The Labute approximate surface area is 129 Å². The first kappa shape index (κ1) is 15.7. The van der Waals surface area contributed by atoms with Gasteiger partial charge in [0.2, 0.25) is 0 Å². The molecule has 2 nitrogen and oxygen atoms in total. The van der Waals surface area contributed by atoms with Gasteiger partial charge >= 0.3 is 0 Å². The summed E-state index contributed by atoms with van der Waals surface area (Å²) >= 11 is 0. The number of quaternary nitrogens is 2. The summed E-state index contributed by atoms with van der Waals surface area (Å²) in [6, 6.07) is 21.8. The summed E-state index contributed by atoms with van der Waals surface area (Å²) < 4.78 is 0. The van der Waals surface area contributed by atoms with E-state index in [1.165, 1.54) is 29.1 Å². The van der Waals surface area contributed by atoms with Gasteiger partial charge in [-0.3, -0.25) is 0 Å². The Kier molecular flexibility index (Phi) is 5.97. The van der Waals surface area contributed by atoms with Crippen LogP contribution in [0.15, 0.2) is 60.7 Å². The Hall–Kier alpha value is -1.64. The molecule has 0 saturated carbocycles. The molecule has 1 atom stereocenters. The van der Waals surface area contributed by atoms with Gasteiger partial charge in [0, 0.05) is 0 Å². The average molecular weight is 284 g/mol. The second kappa shape index (κ2) is 7.96. The highest BCUT2D eigenvalue weighted by atomic mass is 15.1. The first-order chi connectivity index (χ1) is 10.2. The van der Waals surface area contributed by atoms with Crippen molar-refractivity contribution in [2.45, 2.75) is 5.92 Å². The van der Waals surface area contributed by atoms with Gasteiger partial charge in [-0.05, 0) is 11.1 Å².